The van der Waals surface area contributed by atoms with Crippen molar-refractivity contribution in [3.63, 3.8) is 0 Å². The molecule has 0 heterocycles. The Bertz CT molecular complexity index is 644. The van der Waals surface area contributed by atoms with Gasteiger partial charge in [-0.1, -0.05) is 60.7 Å². The summed E-state index contributed by atoms with van der Waals surface area (Å²) in [6.07, 6.45) is 0. The van der Waals surface area contributed by atoms with E-state index < -0.39 is 18.0 Å². The maximum atomic E-state index is 12.2. The van der Waals surface area contributed by atoms with Gasteiger partial charge in [0.25, 0.3) is 0 Å². The Morgan fingerprint density at radius 2 is 1.39 bits per heavy atom. The number of carbonyl (C=O) groups is 2. The van der Waals surface area contributed by atoms with E-state index in [-0.39, 0.29) is 6.04 Å². The lowest BCUT2D eigenvalue weighted by molar-refractivity contribution is -0.143. The number of esters is 1. The second kappa shape index (κ2) is 7.98. The van der Waals surface area contributed by atoms with Gasteiger partial charge in [0.15, 0.2) is 6.04 Å². The molecule has 0 saturated carbocycles. The van der Waals surface area contributed by atoms with Crippen LogP contribution in [0.15, 0.2) is 60.7 Å². The Labute approximate surface area is 135 Å². The van der Waals surface area contributed by atoms with E-state index in [9.17, 15) is 9.59 Å². The molecular formula is C18H20N2O3. The molecule has 120 valence electrons. The van der Waals surface area contributed by atoms with Crippen molar-refractivity contribution in [3.8, 4) is 0 Å². The van der Waals surface area contributed by atoms with Crippen LogP contribution in [0.4, 0.5) is 4.79 Å². The maximum Gasteiger partial charge on any atom is 0.333 e. The predicted octanol–water partition coefficient (Wildman–Crippen LogP) is 2.96. The Balaban J connectivity index is 2.05. The standard InChI is InChI=1S/C18H20N2O3/c1-13(14-9-5-3-6-10-14)19-18(22)20-16(17(21)23-2)15-11-7-4-8-12-15/h3-13,16H,1-2H3,(H2,19,20,22)/t13-,16+/m1/s1. The summed E-state index contributed by atoms with van der Waals surface area (Å²) in [6.45, 7) is 1.88. The molecule has 2 N–H and O–H groups in total. The summed E-state index contributed by atoms with van der Waals surface area (Å²) in [6, 6.07) is 17.1. The van der Waals surface area contributed by atoms with E-state index in [1.165, 1.54) is 7.11 Å². The predicted molar refractivity (Wildman–Crippen MR) is 87.7 cm³/mol. The zero-order valence-electron chi connectivity index (χ0n) is 13.2. The van der Waals surface area contributed by atoms with E-state index in [2.05, 4.69) is 10.6 Å². The normalized spacial score (nSPS) is 12.8. The first-order chi connectivity index (χ1) is 11.1. The number of nitrogens with one attached hydrogen (secondary N) is 2. The molecule has 0 bridgehead atoms. The highest BCUT2D eigenvalue weighted by Crippen LogP contribution is 2.15. The fourth-order valence-corrected chi connectivity index (χ4v) is 2.24. The zero-order chi connectivity index (χ0) is 16.7. The van der Waals surface area contributed by atoms with Crippen molar-refractivity contribution >= 4 is 12.0 Å². The lowest BCUT2D eigenvalue weighted by Gasteiger charge is -2.20. The van der Waals surface area contributed by atoms with Gasteiger partial charge in [-0.3, -0.25) is 0 Å². The average Bonchev–Trinajstić information content (AvgIpc) is 2.60. The van der Waals surface area contributed by atoms with Gasteiger partial charge in [-0.25, -0.2) is 9.59 Å². The van der Waals surface area contributed by atoms with Crippen molar-refractivity contribution in [3.05, 3.63) is 71.8 Å². The number of methoxy groups -OCH3 is 1. The molecule has 2 aromatic rings. The Morgan fingerprint density at radius 3 is 1.91 bits per heavy atom. The minimum absolute atomic E-state index is 0.176. The van der Waals surface area contributed by atoms with Crippen LogP contribution in [-0.4, -0.2) is 19.1 Å². The van der Waals surface area contributed by atoms with Crippen molar-refractivity contribution in [1.29, 1.82) is 0 Å². The van der Waals surface area contributed by atoms with Gasteiger partial charge in [0.2, 0.25) is 0 Å². The number of amides is 2. The fourth-order valence-electron chi connectivity index (χ4n) is 2.24. The Hall–Kier alpha value is -2.82. The zero-order valence-corrected chi connectivity index (χ0v) is 13.2. The summed E-state index contributed by atoms with van der Waals surface area (Å²) < 4.78 is 4.78. The van der Waals surface area contributed by atoms with Crippen LogP contribution < -0.4 is 10.6 Å². The molecule has 2 rings (SSSR count). The van der Waals surface area contributed by atoms with Crippen LogP contribution >= 0.6 is 0 Å². The van der Waals surface area contributed by atoms with E-state index in [1.807, 2.05) is 43.3 Å². The summed E-state index contributed by atoms with van der Waals surface area (Å²) in [7, 11) is 1.30. The molecule has 0 unspecified atom stereocenters. The summed E-state index contributed by atoms with van der Waals surface area (Å²) in [5.74, 6) is -0.515. The lowest BCUT2D eigenvalue weighted by atomic mass is 10.1. The minimum Gasteiger partial charge on any atom is -0.467 e. The molecule has 0 radical (unpaired) electrons. The smallest absolute Gasteiger partial charge is 0.333 e. The molecule has 0 fully saturated rings. The van der Waals surface area contributed by atoms with Gasteiger partial charge in [0.1, 0.15) is 0 Å². The van der Waals surface area contributed by atoms with E-state index >= 15 is 0 Å². The molecule has 0 spiro atoms. The number of hydrogen-bond donors (Lipinski definition) is 2. The molecule has 5 nitrogen and oxygen atoms in total. The first-order valence-corrected chi connectivity index (χ1v) is 7.36. The Kier molecular flexibility index (Phi) is 5.74. The second-order valence-corrected chi connectivity index (χ2v) is 5.12. The summed E-state index contributed by atoms with van der Waals surface area (Å²) >= 11 is 0. The minimum atomic E-state index is -0.843. The first-order valence-electron chi connectivity index (χ1n) is 7.36. The molecule has 5 heteroatoms. The third-order valence-corrected chi connectivity index (χ3v) is 3.49. The van der Waals surface area contributed by atoms with E-state index in [0.717, 1.165) is 5.56 Å². The monoisotopic (exact) mass is 312 g/mol. The number of rotatable bonds is 5. The highest BCUT2D eigenvalue weighted by molar-refractivity contribution is 5.84. The quantitative estimate of drug-likeness (QED) is 0.834. The molecule has 2 amide bonds. The molecule has 0 aliphatic heterocycles. The first kappa shape index (κ1) is 16.5. The molecule has 0 aliphatic rings. The number of urea groups is 1. The van der Waals surface area contributed by atoms with Gasteiger partial charge in [-0.2, -0.15) is 0 Å². The Morgan fingerprint density at radius 1 is 0.870 bits per heavy atom. The van der Waals surface area contributed by atoms with Crippen molar-refractivity contribution < 1.29 is 14.3 Å². The third-order valence-electron chi connectivity index (χ3n) is 3.49. The van der Waals surface area contributed by atoms with Crippen molar-refractivity contribution in [1.82, 2.24) is 10.6 Å². The molecule has 0 aliphatic carbocycles. The largest absolute Gasteiger partial charge is 0.467 e. The van der Waals surface area contributed by atoms with Crippen molar-refractivity contribution in [2.45, 2.75) is 19.0 Å². The van der Waals surface area contributed by atoms with Gasteiger partial charge >= 0.3 is 12.0 Å². The van der Waals surface area contributed by atoms with E-state index in [1.54, 1.807) is 24.3 Å². The molecule has 23 heavy (non-hydrogen) atoms. The summed E-state index contributed by atoms with van der Waals surface area (Å²) in [5, 5.41) is 5.48. The SMILES string of the molecule is COC(=O)[C@@H](NC(=O)N[C@H](C)c1ccccc1)c1ccccc1. The van der Waals surface area contributed by atoms with Gasteiger partial charge in [-0.05, 0) is 18.1 Å². The van der Waals surface area contributed by atoms with Crippen molar-refractivity contribution in [2.75, 3.05) is 7.11 Å². The number of ether oxygens (including phenoxy) is 1. The van der Waals surface area contributed by atoms with Crippen LogP contribution in [0.1, 0.15) is 30.1 Å². The van der Waals surface area contributed by atoms with Crippen LogP contribution in [0.2, 0.25) is 0 Å². The second-order valence-electron chi connectivity index (χ2n) is 5.12. The van der Waals surface area contributed by atoms with Gasteiger partial charge < -0.3 is 15.4 Å². The number of carbonyl (C=O) groups excluding carboxylic acids is 2. The highest BCUT2D eigenvalue weighted by atomic mass is 16.5. The molecule has 2 aromatic carbocycles. The van der Waals surface area contributed by atoms with Crippen LogP contribution in [0.3, 0.4) is 0 Å². The number of hydrogen-bond acceptors (Lipinski definition) is 3. The van der Waals surface area contributed by atoms with Gasteiger partial charge in [0.05, 0.1) is 13.2 Å². The fraction of sp³-hybridized carbons (Fsp3) is 0.222. The van der Waals surface area contributed by atoms with Crippen LogP contribution in [0.5, 0.6) is 0 Å². The summed E-state index contributed by atoms with van der Waals surface area (Å²) in [4.78, 5) is 24.1. The average molecular weight is 312 g/mol. The molecular weight excluding hydrogens is 292 g/mol. The highest BCUT2D eigenvalue weighted by Gasteiger charge is 2.23. The van der Waals surface area contributed by atoms with Crippen LogP contribution in [-0.2, 0) is 9.53 Å². The molecule has 0 saturated heterocycles. The van der Waals surface area contributed by atoms with Gasteiger partial charge in [-0.15, -0.1) is 0 Å². The third kappa shape index (κ3) is 4.57. The van der Waals surface area contributed by atoms with Crippen molar-refractivity contribution in [2.24, 2.45) is 0 Å². The summed E-state index contributed by atoms with van der Waals surface area (Å²) in [5.41, 5.74) is 1.65. The molecule has 2 atom stereocenters. The van der Waals surface area contributed by atoms with E-state index in [0.29, 0.717) is 5.56 Å². The maximum absolute atomic E-state index is 12.2. The van der Waals surface area contributed by atoms with Crippen LogP contribution in [0, 0.1) is 0 Å². The van der Waals surface area contributed by atoms with E-state index in [4.69, 9.17) is 4.74 Å². The topological polar surface area (TPSA) is 67.4 Å². The lowest BCUT2D eigenvalue weighted by Crippen LogP contribution is -2.42. The van der Waals surface area contributed by atoms with Crippen LogP contribution in [0.25, 0.3) is 0 Å². The number of benzene rings is 2. The van der Waals surface area contributed by atoms with Gasteiger partial charge in [0, 0.05) is 0 Å². The molecule has 0 aromatic heterocycles.